The number of amides is 1. The zero-order valence-electron chi connectivity index (χ0n) is 16.8. The van der Waals surface area contributed by atoms with Crippen LogP contribution in [0.5, 0.6) is 0 Å². The number of anilines is 2. The van der Waals surface area contributed by atoms with Crippen LogP contribution in [0.1, 0.15) is 11.1 Å². The van der Waals surface area contributed by atoms with Crippen LogP contribution in [-0.4, -0.2) is 41.0 Å². The first-order valence-corrected chi connectivity index (χ1v) is 11.2. The molecule has 5 rings (SSSR count). The van der Waals surface area contributed by atoms with Gasteiger partial charge >= 0.3 is 6.09 Å². The lowest BCUT2D eigenvalue weighted by molar-refractivity contribution is 0.151. The number of ether oxygens (including phenoxy) is 1. The number of halogens is 1. The molecule has 0 N–H and O–H groups in total. The van der Waals surface area contributed by atoms with E-state index in [0.717, 1.165) is 13.0 Å². The third-order valence-corrected chi connectivity index (χ3v) is 6.54. The van der Waals surface area contributed by atoms with E-state index in [-0.39, 0.29) is 11.9 Å². The van der Waals surface area contributed by atoms with Crippen LogP contribution < -0.4 is 9.80 Å². The smallest absolute Gasteiger partial charge is 0.414 e. The largest absolute Gasteiger partial charge is 0.443 e. The number of carbonyl (C=O) groups excluding carboxylic acids is 1. The Morgan fingerprint density at radius 1 is 1.10 bits per heavy atom. The lowest BCUT2D eigenvalue weighted by atomic mass is 9.99. The SMILES string of the molecule is O=C1O[C@@H](CSc2ncccn2)CN1c1ccc(N2CCc3ccccc3C2)c(F)c1. The molecule has 0 unspecified atom stereocenters. The molecular formula is C23H21FN4O2S. The molecule has 0 bridgehead atoms. The Bertz CT molecular complexity index is 1100. The Kier molecular flexibility index (Phi) is 5.46. The molecule has 2 aromatic carbocycles. The van der Waals surface area contributed by atoms with Gasteiger partial charge in [-0.05, 0) is 41.8 Å². The van der Waals surface area contributed by atoms with Crippen molar-refractivity contribution in [2.24, 2.45) is 0 Å². The van der Waals surface area contributed by atoms with Crippen molar-refractivity contribution in [1.82, 2.24) is 9.97 Å². The first kappa shape index (κ1) is 19.8. The highest BCUT2D eigenvalue weighted by molar-refractivity contribution is 7.99. The van der Waals surface area contributed by atoms with Crippen molar-refractivity contribution < 1.29 is 13.9 Å². The van der Waals surface area contributed by atoms with Crippen LogP contribution in [0.2, 0.25) is 0 Å². The summed E-state index contributed by atoms with van der Waals surface area (Å²) in [6.07, 6.45) is 3.47. The first-order valence-electron chi connectivity index (χ1n) is 10.2. The monoisotopic (exact) mass is 436 g/mol. The highest BCUT2D eigenvalue weighted by atomic mass is 32.2. The maximum Gasteiger partial charge on any atom is 0.414 e. The van der Waals surface area contributed by atoms with Crippen molar-refractivity contribution in [2.45, 2.75) is 24.2 Å². The van der Waals surface area contributed by atoms with E-state index in [0.29, 0.717) is 35.4 Å². The number of carbonyl (C=O) groups is 1. The molecule has 0 radical (unpaired) electrons. The highest BCUT2D eigenvalue weighted by Gasteiger charge is 2.33. The van der Waals surface area contributed by atoms with Crippen molar-refractivity contribution in [3.05, 3.63) is 77.9 Å². The van der Waals surface area contributed by atoms with Gasteiger partial charge in [0.15, 0.2) is 5.16 Å². The summed E-state index contributed by atoms with van der Waals surface area (Å²) in [4.78, 5) is 24.2. The summed E-state index contributed by atoms with van der Waals surface area (Å²) in [5.41, 5.74) is 3.61. The molecule has 1 saturated heterocycles. The molecule has 3 heterocycles. The molecule has 158 valence electrons. The normalized spacial score (nSPS) is 18.1. The molecule has 1 amide bonds. The molecule has 8 heteroatoms. The summed E-state index contributed by atoms with van der Waals surface area (Å²) in [6, 6.07) is 15.0. The van der Waals surface area contributed by atoms with Gasteiger partial charge in [-0.25, -0.2) is 19.2 Å². The fraction of sp³-hybridized carbons (Fsp3) is 0.261. The topological polar surface area (TPSA) is 58.6 Å². The van der Waals surface area contributed by atoms with E-state index in [1.807, 2.05) is 17.0 Å². The van der Waals surface area contributed by atoms with Gasteiger partial charge in [0.1, 0.15) is 11.9 Å². The maximum absolute atomic E-state index is 15.0. The molecule has 2 aliphatic heterocycles. The van der Waals surface area contributed by atoms with Crippen LogP contribution in [0.15, 0.2) is 66.1 Å². The standard InChI is InChI=1S/C23H21FN4O2S/c24-20-12-18(6-7-21(20)27-11-8-16-4-1-2-5-17(16)13-27)28-14-19(30-23(28)29)15-31-22-25-9-3-10-26-22/h1-7,9-10,12,19H,8,11,13-15H2/t19-/m1/s1. The summed E-state index contributed by atoms with van der Waals surface area (Å²) in [6.45, 7) is 1.81. The number of fused-ring (bicyclic) bond motifs is 1. The summed E-state index contributed by atoms with van der Waals surface area (Å²) < 4.78 is 20.5. The van der Waals surface area contributed by atoms with Crippen molar-refractivity contribution in [1.29, 1.82) is 0 Å². The Labute approximate surface area is 184 Å². The first-order chi connectivity index (χ1) is 15.2. The molecular weight excluding hydrogens is 415 g/mol. The van der Waals surface area contributed by atoms with E-state index in [2.05, 4.69) is 22.1 Å². The van der Waals surface area contributed by atoms with Gasteiger partial charge in [0.25, 0.3) is 0 Å². The lowest BCUT2D eigenvalue weighted by Gasteiger charge is -2.31. The van der Waals surface area contributed by atoms with Crippen LogP contribution in [0.4, 0.5) is 20.6 Å². The second kappa shape index (κ2) is 8.55. The third kappa shape index (κ3) is 4.20. The fourth-order valence-corrected chi connectivity index (χ4v) is 4.75. The molecule has 2 aliphatic rings. The van der Waals surface area contributed by atoms with E-state index in [1.165, 1.54) is 33.9 Å². The summed E-state index contributed by atoms with van der Waals surface area (Å²) in [5, 5.41) is 0.635. The number of hydrogen-bond acceptors (Lipinski definition) is 6. The molecule has 1 aromatic heterocycles. The van der Waals surface area contributed by atoms with Gasteiger partial charge in [-0.1, -0.05) is 36.0 Å². The van der Waals surface area contributed by atoms with Gasteiger partial charge in [-0.2, -0.15) is 0 Å². The van der Waals surface area contributed by atoms with E-state index in [1.54, 1.807) is 30.6 Å². The van der Waals surface area contributed by atoms with E-state index < -0.39 is 6.09 Å². The van der Waals surface area contributed by atoms with Crippen molar-refractivity contribution >= 4 is 29.2 Å². The van der Waals surface area contributed by atoms with E-state index in [9.17, 15) is 4.79 Å². The zero-order chi connectivity index (χ0) is 21.2. The Morgan fingerprint density at radius 2 is 1.90 bits per heavy atom. The Balaban J connectivity index is 1.26. The molecule has 6 nitrogen and oxygen atoms in total. The highest BCUT2D eigenvalue weighted by Crippen LogP contribution is 2.31. The van der Waals surface area contributed by atoms with Crippen LogP contribution in [-0.2, 0) is 17.7 Å². The second-order valence-electron chi connectivity index (χ2n) is 7.53. The molecule has 1 atom stereocenters. The minimum absolute atomic E-state index is 0.303. The van der Waals surface area contributed by atoms with Crippen LogP contribution in [0, 0.1) is 5.82 Å². The van der Waals surface area contributed by atoms with Gasteiger partial charge in [0, 0.05) is 31.2 Å². The molecule has 0 spiro atoms. The predicted octanol–water partition coefficient (Wildman–Crippen LogP) is 4.30. The average Bonchev–Trinajstić information content (AvgIpc) is 3.18. The summed E-state index contributed by atoms with van der Waals surface area (Å²) >= 11 is 1.43. The molecule has 1 fully saturated rings. The minimum atomic E-state index is -0.460. The molecule has 31 heavy (non-hydrogen) atoms. The third-order valence-electron chi connectivity index (χ3n) is 5.53. The van der Waals surface area contributed by atoms with Crippen molar-refractivity contribution in [3.63, 3.8) is 0 Å². The fourth-order valence-electron chi connectivity index (χ4n) is 3.97. The minimum Gasteiger partial charge on any atom is -0.443 e. The van der Waals surface area contributed by atoms with Crippen LogP contribution >= 0.6 is 11.8 Å². The molecule has 0 aliphatic carbocycles. The van der Waals surface area contributed by atoms with Gasteiger partial charge in [-0.3, -0.25) is 4.90 Å². The Morgan fingerprint density at radius 3 is 2.71 bits per heavy atom. The van der Waals surface area contributed by atoms with E-state index >= 15 is 4.39 Å². The van der Waals surface area contributed by atoms with Crippen LogP contribution in [0.3, 0.4) is 0 Å². The number of rotatable bonds is 5. The number of nitrogens with zero attached hydrogens (tertiary/aromatic N) is 4. The number of thioether (sulfide) groups is 1. The Hall–Kier alpha value is -3.13. The quantitative estimate of drug-likeness (QED) is 0.439. The average molecular weight is 437 g/mol. The molecule has 0 saturated carbocycles. The number of cyclic esters (lactones) is 1. The van der Waals surface area contributed by atoms with Crippen molar-refractivity contribution in [3.8, 4) is 0 Å². The number of hydrogen-bond donors (Lipinski definition) is 0. The van der Waals surface area contributed by atoms with Crippen molar-refractivity contribution in [2.75, 3.05) is 28.6 Å². The summed E-state index contributed by atoms with van der Waals surface area (Å²) in [7, 11) is 0. The van der Waals surface area contributed by atoms with Gasteiger partial charge < -0.3 is 9.64 Å². The van der Waals surface area contributed by atoms with E-state index in [4.69, 9.17) is 4.74 Å². The maximum atomic E-state index is 15.0. The van der Waals surface area contributed by atoms with Crippen LogP contribution in [0.25, 0.3) is 0 Å². The number of benzene rings is 2. The van der Waals surface area contributed by atoms with Gasteiger partial charge in [0.05, 0.1) is 17.9 Å². The van der Waals surface area contributed by atoms with Gasteiger partial charge in [0.2, 0.25) is 0 Å². The lowest BCUT2D eigenvalue weighted by Crippen LogP contribution is -2.31. The zero-order valence-corrected chi connectivity index (χ0v) is 17.6. The second-order valence-corrected chi connectivity index (χ2v) is 8.52. The van der Waals surface area contributed by atoms with Gasteiger partial charge in [-0.15, -0.1) is 0 Å². The molecule has 3 aromatic rings. The number of aromatic nitrogens is 2. The summed E-state index contributed by atoms with van der Waals surface area (Å²) in [5.74, 6) is 0.209. The predicted molar refractivity (Wildman–Crippen MR) is 118 cm³/mol.